The Bertz CT molecular complexity index is 669. The maximum absolute atomic E-state index is 12.8. The van der Waals surface area contributed by atoms with Crippen LogP contribution in [-0.4, -0.2) is 27.7 Å². The lowest BCUT2D eigenvalue weighted by atomic mass is 10.3. The Labute approximate surface area is 125 Å². The van der Waals surface area contributed by atoms with Crippen molar-refractivity contribution >= 4 is 12.0 Å². The molecule has 0 spiro atoms. The van der Waals surface area contributed by atoms with Crippen LogP contribution in [0.15, 0.2) is 42.4 Å². The van der Waals surface area contributed by atoms with E-state index in [-0.39, 0.29) is 24.0 Å². The monoisotopic (exact) mass is 304 g/mol. The SMILES string of the molecule is CCOC(=O)/C(O)=C/c1cnc(Oc2ccc(F)cc2)cn1. The van der Waals surface area contributed by atoms with Crippen LogP contribution in [0.2, 0.25) is 0 Å². The summed E-state index contributed by atoms with van der Waals surface area (Å²) in [6.07, 6.45) is 3.76. The number of carbonyl (C=O) groups is 1. The van der Waals surface area contributed by atoms with Crippen molar-refractivity contribution in [2.75, 3.05) is 6.61 Å². The summed E-state index contributed by atoms with van der Waals surface area (Å²) in [6.45, 7) is 1.79. The Morgan fingerprint density at radius 3 is 2.59 bits per heavy atom. The number of hydrogen-bond donors (Lipinski definition) is 1. The topological polar surface area (TPSA) is 81.5 Å². The third-order valence-corrected chi connectivity index (χ3v) is 2.45. The summed E-state index contributed by atoms with van der Waals surface area (Å²) in [7, 11) is 0. The molecule has 22 heavy (non-hydrogen) atoms. The number of rotatable bonds is 5. The van der Waals surface area contributed by atoms with Crippen molar-refractivity contribution in [3.05, 3.63) is 53.9 Å². The minimum atomic E-state index is -0.837. The van der Waals surface area contributed by atoms with E-state index in [0.29, 0.717) is 5.75 Å². The molecule has 0 saturated carbocycles. The van der Waals surface area contributed by atoms with Gasteiger partial charge in [-0.05, 0) is 31.2 Å². The molecule has 114 valence electrons. The quantitative estimate of drug-likeness (QED) is 0.519. The van der Waals surface area contributed by atoms with Crippen LogP contribution < -0.4 is 4.74 Å². The van der Waals surface area contributed by atoms with Gasteiger partial charge < -0.3 is 14.6 Å². The smallest absolute Gasteiger partial charge is 0.373 e. The summed E-state index contributed by atoms with van der Waals surface area (Å²) < 4.78 is 22.8. The highest BCUT2D eigenvalue weighted by molar-refractivity contribution is 5.90. The van der Waals surface area contributed by atoms with Gasteiger partial charge in [-0.2, -0.15) is 0 Å². The van der Waals surface area contributed by atoms with Gasteiger partial charge >= 0.3 is 5.97 Å². The molecule has 1 N–H and O–H groups in total. The molecule has 0 aliphatic carbocycles. The molecule has 0 saturated heterocycles. The highest BCUT2D eigenvalue weighted by Gasteiger charge is 2.09. The standard InChI is InChI=1S/C15H13FN2O4/c1-2-21-15(20)13(19)7-11-8-18-14(9-17-11)22-12-5-3-10(16)4-6-12/h3-9,19H,2H2,1H3/b13-7-. The van der Waals surface area contributed by atoms with Crippen molar-refractivity contribution in [1.82, 2.24) is 9.97 Å². The summed E-state index contributed by atoms with van der Waals surface area (Å²) in [5, 5.41) is 9.48. The van der Waals surface area contributed by atoms with E-state index in [9.17, 15) is 14.3 Å². The van der Waals surface area contributed by atoms with Crippen LogP contribution in [0, 0.1) is 5.82 Å². The van der Waals surface area contributed by atoms with Crippen LogP contribution in [0.1, 0.15) is 12.6 Å². The van der Waals surface area contributed by atoms with Gasteiger partial charge in [0.25, 0.3) is 0 Å². The number of benzene rings is 1. The lowest BCUT2D eigenvalue weighted by Gasteiger charge is -2.04. The Balaban J connectivity index is 2.05. The summed E-state index contributed by atoms with van der Waals surface area (Å²) >= 11 is 0. The van der Waals surface area contributed by atoms with Crippen molar-refractivity contribution in [3.63, 3.8) is 0 Å². The first-order valence-corrected chi connectivity index (χ1v) is 6.41. The predicted octanol–water partition coefficient (Wildman–Crippen LogP) is 2.87. The summed E-state index contributed by atoms with van der Waals surface area (Å²) in [5.74, 6) is -1.17. The Morgan fingerprint density at radius 2 is 2.00 bits per heavy atom. The molecule has 6 nitrogen and oxygen atoms in total. The molecule has 0 unspecified atom stereocenters. The number of hydrogen-bond acceptors (Lipinski definition) is 6. The minimum absolute atomic E-state index is 0.160. The van der Waals surface area contributed by atoms with Crippen molar-refractivity contribution in [3.8, 4) is 11.6 Å². The fourth-order valence-electron chi connectivity index (χ4n) is 1.48. The van der Waals surface area contributed by atoms with Crippen LogP contribution >= 0.6 is 0 Å². The highest BCUT2D eigenvalue weighted by Crippen LogP contribution is 2.18. The predicted molar refractivity (Wildman–Crippen MR) is 75.7 cm³/mol. The van der Waals surface area contributed by atoms with Crippen LogP contribution in [0.3, 0.4) is 0 Å². The molecule has 1 aromatic heterocycles. The summed E-state index contributed by atoms with van der Waals surface area (Å²) in [6, 6.07) is 5.43. The van der Waals surface area contributed by atoms with Gasteiger partial charge in [-0.15, -0.1) is 0 Å². The van der Waals surface area contributed by atoms with Gasteiger partial charge in [-0.3, -0.25) is 0 Å². The number of aromatic nitrogens is 2. The van der Waals surface area contributed by atoms with Crippen LogP contribution in [0.5, 0.6) is 11.6 Å². The van der Waals surface area contributed by atoms with Gasteiger partial charge in [-0.1, -0.05) is 0 Å². The van der Waals surface area contributed by atoms with Crippen molar-refractivity contribution in [1.29, 1.82) is 0 Å². The Kier molecular flexibility index (Phi) is 5.02. The molecule has 1 heterocycles. The van der Waals surface area contributed by atoms with Crippen molar-refractivity contribution < 1.29 is 23.8 Å². The third kappa shape index (κ3) is 4.27. The first-order valence-electron chi connectivity index (χ1n) is 6.41. The van der Waals surface area contributed by atoms with Crippen LogP contribution in [-0.2, 0) is 9.53 Å². The number of nitrogens with zero attached hydrogens (tertiary/aromatic N) is 2. The molecule has 1 aromatic carbocycles. The fourth-order valence-corrected chi connectivity index (χ4v) is 1.48. The normalized spacial score (nSPS) is 11.1. The van der Waals surface area contributed by atoms with E-state index in [0.717, 1.165) is 6.08 Å². The van der Waals surface area contributed by atoms with Gasteiger partial charge in [0.1, 0.15) is 11.6 Å². The van der Waals surface area contributed by atoms with E-state index < -0.39 is 11.7 Å². The van der Waals surface area contributed by atoms with E-state index in [1.165, 1.54) is 36.7 Å². The molecular formula is C15H13FN2O4. The van der Waals surface area contributed by atoms with E-state index in [1.54, 1.807) is 6.92 Å². The fraction of sp³-hybridized carbons (Fsp3) is 0.133. The van der Waals surface area contributed by atoms with Gasteiger partial charge in [0.15, 0.2) is 0 Å². The van der Waals surface area contributed by atoms with Gasteiger partial charge in [0.2, 0.25) is 11.6 Å². The molecule has 0 atom stereocenters. The molecular weight excluding hydrogens is 291 g/mol. The zero-order valence-corrected chi connectivity index (χ0v) is 11.7. The number of carbonyl (C=O) groups excluding carboxylic acids is 1. The lowest BCUT2D eigenvalue weighted by molar-refractivity contribution is -0.141. The average Bonchev–Trinajstić information content (AvgIpc) is 2.51. The Hall–Kier alpha value is -2.96. The molecule has 0 radical (unpaired) electrons. The lowest BCUT2D eigenvalue weighted by Crippen LogP contribution is -2.07. The zero-order valence-electron chi connectivity index (χ0n) is 11.7. The molecule has 0 amide bonds. The molecule has 7 heteroatoms. The van der Waals surface area contributed by atoms with Crippen LogP contribution in [0.25, 0.3) is 6.08 Å². The number of ether oxygens (including phenoxy) is 2. The molecule has 0 aliphatic heterocycles. The number of halogens is 1. The first-order chi connectivity index (χ1) is 10.6. The first kappa shape index (κ1) is 15.4. The Morgan fingerprint density at radius 1 is 1.27 bits per heavy atom. The maximum atomic E-state index is 12.8. The second kappa shape index (κ2) is 7.16. The summed E-state index contributed by atoms with van der Waals surface area (Å²) in [4.78, 5) is 19.2. The molecule has 0 fully saturated rings. The number of aliphatic hydroxyl groups is 1. The third-order valence-electron chi connectivity index (χ3n) is 2.45. The second-order valence-corrected chi connectivity index (χ2v) is 4.09. The van der Waals surface area contributed by atoms with E-state index in [1.807, 2.05) is 0 Å². The number of aliphatic hydroxyl groups excluding tert-OH is 1. The summed E-state index contributed by atoms with van der Waals surface area (Å²) in [5.41, 5.74) is 0.261. The molecule has 2 aromatic rings. The average molecular weight is 304 g/mol. The van der Waals surface area contributed by atoms with Gasteiger partial charge in [0, 0.05) is 6.08 Å². The minimum Gasteiger partial charge on any atom is -0.502 e. The van der Waals surface area contributed by atoms with E-state index in [2.05, 4.69) is 14.7 Å². The highest BCUT2D eigenvalue weighted by atomic mass is 19.1. The van der Waals surface area contributed by atoms with Crippen LogP contribution in [0.4, 0.5) is 4.39 Å². The molecule has 0 bridgehead atoms. The largest absolute Gasteiger partial charge is 0.502 e. The van der Waals surface area contributed by atoms with Gasteiger partial charge in [-0.25, -0.2) is 19.2 Å². The second-order valence-electron chi connectivity index (χ2n) is 4.09. The molecule has 2 rings (SSSR count). The zero-order chi connectivity index (χ0) is 15.9. The van der Waals surface area contributed by atoms with Gasteiger partial charge in [0.05, 0.1) is 24.7 Å². The van der Waals surface area contributed by atoms with E-state index >= 15 is 0 Å². The van der Waals surface area contributed by atoms with Crippen molar-refractivity contribution in [2.24, 2.45) is 0 Å². The van der Waals surface area contributed by atoms with E-state index in [4.69, 9.17) is 4.74 Å². The molecule has 0 aliphatic rings. The van der Waals surface area contributed by atoms with Crippen molar-refractivity contribution in [2.45, 2.75) is 6.92 Å². The maximum Gasteiger partial charge on any atom is 0.373 e. The number of esters is 1.